The molecule has 0 aromatic carbocycles. The van der Waals surface area contributed by atoms with E-state index in [9.17, 15) is 14.4 Å². The predicted molar refractivity (Wildman–Crippen MR) is 38.9 cm³/mol. The lowest BCUT2D eigenvalue weighted by Gasteiger charge is -1.93. The summed E-state index contributed by atoms with van der Waals surface area (Å²) < 4.78 is 1.92. The van der Waals surface area contributed by atoms with Crippen LogP contribution in [-0.2, 0) is 14.4 Å². The van der Waals surface area contributed by atoms with Crippen LogP contribution < -0.4 is 4.34 Å². The highest BCUT2D eigenvalue weighted by Gasteiger charge is 2.12. The van der Waals surface area contributed by atoms with E-state index in [1.54, 1.807) is 0 Å². The average molecular weight is 224 g/mol. The standard InChI is InChI=1S/C5H6BrNO4/c6-7-5(11)3(8)1-2-4(9)10/h1-2H2,(H,7,11)(H,9,10). The van der Waals surface area contributed by atoms with E-state index in [0.717, 1.165) is 0 Å². The lowest BCUT2D eigenvalue weighted by molar-refractivity contribution is -0.140. The van der Waals surface area contributed by atoms with Crippen molar-refractivity contribution in [3.8, 4) is 0 Å². The summed E-state index contributed by atoms with van der Waals surface area (Å²) in [5.74, 6) is -2.67. The third kappa shape index (κ3) is 4.49. The van der Waals surface area contributed by atoms with Crippen LogP contribution in [0.2, 0.25) is 0 Å². The van der Waals surface area contributed by atoms with Gasteiger partial charge in [-0.2, -0.15) is 0 Å². The minimum atomic E-state index is -1.10. The number of Topliss-reactive ketones (excluding diaryl/α,β-unsaturated/α-hetero) is 1. The fourth-order valence-electron chi connectivity index (χ4n) is 0.387. The van der Waals surface area contributed by atoms with E-state index in [4.69, 9.17) is 5.11 Å². The molecular weight excluding hydrogens is 218 g/mol. The number of carboxylic acid groups (broad SMARTS) is 1. The Morgan fingerprint density at radius 2 is 1.82 bits per heavy atom. The van der Waals surface area contributed by atoms with Gasteiger partial charge in [0.1, 0.15) is 0 Å². The molecule has 5 nitrogen and oxygen atoms in total. The Bertz CT molecular complexity index is 191. The second-order valence-electron chi connectivity index (χ2n) is 1.74. The minimum absolute atomic E-state index is 0.271. The number of halogens is 1. The molecule has 0 bridgehead atoms. The van der Waals surface area contributed by atoms with Crippen molar-refractivity contribution in [2.24, 2.45) is 0 Å². The fraction of sp³-hybridized carbons (Fsp3) is 0.400. The van der Waals surface area contributed by atoms with E-state index in [1.165, 1.54) is 0 Å². The van der Waals surface area contributed by atoms with Gasteiger partial charge in [-0.1, -0.05) is 0 Å². The Labute approximate surface area is 71.1 Å². The van der Waals surface area contributed by atoms with Crippen LogP contribution in [0.25, 0.3) is 0 Å². The first-order valence-electron chi connectivity index (χ1n) is 2.73. The molecule has 6 heteroatoms. The summed E-state index contributed by atoms with van der Waals surface area (Å²) in [5, 5.41) is 8.12. The summed E-state index contributed by atoms with van der Waals surface area (Å²) >= 11 is 2.55. The van der Waals surface area contributed by atoms with Gasteiger partial charge in [-0.15, -0.1) is 0 Å². The Hall–Kier alpha value is -0.910. The van der Waals surface area contributed by atoms with Crippen LogP contribution in [0.4, 0.5) is 0 Å². The molecule has 0 atom stereocenters. The molecule has 11 heavy (non-hydrogen) atoms. The van der Waals surface area contributed by atoms with Gasteiger partial charge in [-0.25, -0.2) is 0 Å². The first kappa shape index (κ1) is 10.1. The van der Waals surface area contributed by atoms with Crippen molar-refractivity contribution < 1.29 is 19.5 Å². The molecule has 0 aromatic rings. The van der Waals surface area contributed by atoms with Gasteiger partial charge < -0.3 is 5.11 Å². The molecule has 1 amide bonds. The quantitative estimate of drug-likeness (QED) is 0.513. The molecule has 0 saturated carbocycles. The molecule has 62 valence electrons. The lowest BCUT2D eigenvalue weighted by atomic mass is 10.2. The Morgan fingerprint density at radius 3 is 2.18 bits per heavy atom. The third-order valence-electron chi connectivity index (χ3n) is 0.905. The second-order valence-corrected chi connectivity index (χ2v) is 2.14. The SMILES string of the molecule is O=C(O)CCC(=O)C(=O)NBr. The third-order valence-corrected chi connectivity index (χ3v) is 1.27. The summed E-state index contributed by atoms with van der Waals surface area (Å²) in [6, 6.07) is 0. The minimum Gasteiger partial charge on any atom is -0.481 e. The maximum atomic E-state index is 10.6. The van der Waals surface area contributed by atoms with Gasteiger partial charge in [-0.3, -0.25) is 18.7 Å². The zero-order chi connectivity index (χ0) is 8.85. The molecule has 0 heterocycles. The maximum absolute atomic E-state index is 10.6. The van der Waals surface area contributed by atoms with Crippen molar-refractivity contribution in [1.29, 1.82) is 0 Å². The van der Waals surface area contributed by atoms with Crippen molar-refractivity contribution >= 4 is 33.8 Å². The number of rotatable bonds is 4. The highest BCUT2D eigenvalue weighted by Crippen LogP contribution is 1.91. The van der Waals surface area contributed by atoms with Gasteiger partial charge in [0.15, 0.2) is 0 Å². The van der Waals surface area contributed by atoms with Crippen molar-refractivity contribution in [2.45, 2.75) is 12.8 Å². The van der Waals surface area contributed by atoms with Crippen LogP contribution in [-0.4, -0.2) is 22.8 Å². The van der Waals surface area contributed by atoms with E-state index in [-0.39, 0.29) is 12.8 Å². The van der Waals surface area contributed by atoms with Crippen molar-refractivity contribution in [3.05, 3.63) is 0 Å². The van der Waals surface area contributed by atoms with Gasteiger partial charge in [0.25, 0.3) is 5.91 Å². The molecule has 0 spiro atoms. The molecule has 0 rings (SSSR count). The van der Waals surface area contributed by atoms with Gasteiger partial charge in [-0.05, 0) is 0 Å². The maximum Gasteiger partial charge on any atom is 0.303 e. The van der Waals surface area contributed by atoms with Gasteiger partial charge in [0.05, 0.1) is 6.42 Å². The number of carbonyl (C=O) groups is 3. The summed E-state index contributed by atoms with van der Waals surface area (Å²) in [6.45, 7) is 0. The number of carboxylic acids is 1. The number of hydrogen-bond acceptors (Lipinski definition) is 3. The average Bonchev–Trinajstić information content (AvgIpc) is 1.98. The number of carbonyl (C=O) groups excluding carboxylic acids is 2. The normalized spacial score (nSPS) is 8.82. The van der Waals surface area contributed by atoms with E-state index in [0.29, 0.717) is 0 Å². The van der Waals surface area contributed by atoms with Crippen LogP contribution in [0.5, 0.6) is 0 Å². The molecule has 0 fully saturated rings. The van der Waals surface area contributed by atoms with Gasteiger partial charge >= 0.3 is 5.97 Å². The molecule has 2 N–H and O–H groups in total. The molecular formula is C5H6BrNO4. The molecule has 0 unspecified atom stereocenters. The first-order chi connectivity index (χ1) is 5.07. The molecule has 0 aliphatic rings. The summed E-state index contributed by atoms with van der Waals surface area (Å²) in [6.07, 6.45) is -0.591. The molecule has 0 saturated heterocycles. The zero-order valence-electron chi connectivity index (χ0n) is 5.46. The summed E-state index contributed by atoms with van der Waals surface area (Å²) in [7, 11) is 0. The predicted octanol–water partition coefficient (Wildman–Crippen LogP) is -0.154. The van der Waals surface area contributed by atoms with E-state index in [1.807, 2.05) is 4.34 Å². The van der Waals surface area contributed by atoms with Crippen LogP contribution in [0.15, 0.2) is 0 Å². The van der Waals surface area contributed by atoms with Crippen LogP contribution in [0.1, 0.15) is 12.8 Å². The highest BCUT2D eigenvalue weighted by atomic mass is 79.9. The van der Waals surface area contributed by atoms with Gasteiger partial charge in [0, 0.05) is 22.6 Å². The van der Waals surface area contributed by atoms with Crippen LogP contribution in [0, 0.1) is 0 Å². The van der Waals surface area contributed by atoms with E-state index in [2.05, 4.69) is 16.1 Å². The van der Waals surface area contributed by atoms with Crippen LogP contribution >= 0.6 is 16.1 Å². The van der Waals surface area contributed by atoms with E-state index < -0.39 is 17.7 Å². The Balaban J connectivity index is 3.70. The smallest absolute Gasteiger partial charge is 0.303 e. The lowest BCUT2D eigenvalue weighted by Crippen LogP contribution is -2.23. The molecule has 0 aliphatic heterocycles. The Kier molecular flexibility index (Phi) is 4.44. The topological polar surface area (TPSA) is 83.5 Å². The second kappa shape index (κ2) is 4.84. The molecule has 0 aromatic heterocycles. The van der Waals surface area contributed by atoms with Crippen molar-refractivity contribution in [2.75, 3.05) is 0 Å². The van der Waals surface area contributed by atoms with Crippen molar-refractivity contribution in [1.82, 2.24) is 4.34 Å². The van der Waals surface area contributed by atoms with Crippen LogP contribution in [0.3, 0.4) is 0 Å². The first-order valence-corrected chi connectivity index (χ1v) is 3.53. The van der Waals surface area contributed by atoms with Crippen molar-refractivity contribution in [3.63, 3.8) is 0 Å². The Morgan fingerprint density at radius 1 is 1.27 bits per heavy atom. The highest BCUT2D eigenvalue weighted by molar-refractivity contribution is 9.08. The number of aliphatic carboxylic acids is 1. The summed E-state index contributed by atoms with van der Waals surface area (Å²) in [4.78, 5) is 30.9. The zero-order valence-corrected chi connectivity index (χ0v) is 7.05. The number of amides is 1. The number of hydrogen-bond donors (Lipinski definition) is 2. The molecule has 0 aliphatic carbocycles. The number of ketones is 1. The number of nitrogens with one attached hydrogen (secondary N) is 1. The van der Waals surface area contributed by atoms with E-state index >= 15 is 0 Å². The monoisotopic (exact) mass is 223 g/mol. The molecule has 0 radical (unpaired) electrons. The van der Waals surface area contributed by atoms with Gasteiger partial charge in [0.2, 0.25) is 5.78 Å². The largest absolute Gasteiger partial charge is 0.481 e. The summed E-state index contributed by atoms with van der Waals surface area (Å²) in [5.41, 5.74) is 0. The fourth-order valence-corrected chi connectivity index (χ4v) is 0.608.